The average Bonchev–Trinajstić information content (AvgIpc) is 3.12. The minimum Gasteiger partial charge on any atom is -0.495 e. The van der Waals surface area contributed by atoms with Crippen molar-refractivity contribution in [1.29, 1.82) is 0 Å². The van der Waals surface area contributed by atoms with Crippen LogP contribution in [0.2, 0.25) is 10.0 Å². The Hall–Kier alpha value is -2.75. The zero-order valence-electron chi connectivity index (χ0n) is 18.5. The summed E-state index contributed by atoms with van der Waals surface area (Å²) < 4.78 is 7.03. The number of benzene rings is 2. The number of hydrogen-bond donors (Lipinski definition) is 2. The number of aryl methyl sites for hydroxylation is 1. The van der Waals surface area contributed by atoms with Crippen molar-refractivity contribution >= 4 is 52.5 Å². The van der Waals surface area contributed by atoms with E-state index in [1.54, 1.807) is 43.8 Å². The third kappa shape index (κ3) is 6.19. The SMILES string of the molecule is COc1ccc(C)cc1NC(=O)CSc1nnc([C@@H](C)NC(=O)c2ccc(Cl)cc2Cl)n1C. The number of nitrogens with zero attached hydrogens (tertiary/aromatic N) is 3. The molecule has 0 radical (unpaired) electrons. The zero-order chi connectivity index (χ0) is 24.1. The number of halogens is 2. The van der Waals surface area contributed by atoms with Gasteiger partial charge in [0.1, 0.15) is 5.75 Å². The Balaban J connectivity index is 1.61. The molecule has 1 atom stereocenters. The molecule has 2 amide bonds. The topological polar surface area (TPSA) is 98.1 Å². The first-order valence-corrected chi connectivity index (χ1v) is 11.7. The van der Waals surface area contributed by atoms with Crippen molar-refractivity contribution in [1.82, 2.24) is 20.1 Å². The number of rotatable bonds is 8. The van der Waals surface area contributed by atoms with Gasteiger partial charge in [0.15, 0.2) is 11.0 Å². The molecule has 1 heterocycles. The van der Waals surface area contributed by atoms with Crippen LogP contribution < -0.4 is 15.4 Å². The maximum atomic E-state index is 12.6. The predicted molar refractivity (Wildman–Crippen MR) is 130 cm³/mol. The molecule has 174 valence electrons. The maximum absolute atomic E-state index is 12.6. The maximum Gasteiger partial charge on any atom is 0.253 e. The van der Waals surface area contributed by atoms with Gasteiger partial charge in [0.05, 0.1) is 35.2 Å². The molecule has 0 unspecified atom stereocenters. The molecule has 0 saturated heterocycles. The number of hydrogen-bond acceptors (Lipinski definition) is 6. The second-order valence-electron chi connectivity index (χ2n) is 7.26. The summed E-state index contributed by atoms with van der Waals surface area (Å²) in [6.07, 6.45) is 0. The number of ether oxygens (including phenoxy) is 1. The lowest BCUT2D eigenvalue weighted by molar-refractivity contribution is -0.113. The van der Waals surface area contributed by atoms with Crippen molar-refractivity contribution in [2.24, 2.45) is 7.05 Å². The van der Waals surface area contributed by atoms with Gasteiger partial charge in [-0.15, -0.1) is 10.2 Å². The molecule has 33 heavy (non-hydrogen) atoms. The number of anilines is 1. The van der Waals surface area contributed by atoms with E-state index in [-0.39, 0.29) is 22.6 Å². The van der Waals surface area contributed by atoms with E-state index >= 15 is 0 Å². The lowest BCUT2D eigenvalue weighted by atomic mass is 10.2. The Morgan fingerprint density at radius 3 is 2.64 bits per heavy atom. The summed E-state index contributed by atoms with van der Waals surface area (Å²) in [7, 11) is 3.33. The van der Waals surface area contributed by atoms with Crippen LogP contribution in [0, 0.1) is 6.92 Å². The van der Waals surface area contributed by atoms with Gasteiger partial charge in [-0.2, -0.15) is 0 Å². The van der Waals surface area contributed by atoms with Crippen molar-refractivity contribution < 1.29 is 14.3 Å². The van der Waals surface area contributed by atoms with Crippen LogP contribution in [-0.4, -0.2) is 39.4 Å². The minimum absolute atomic E-state index is 0.129. The lowest BCUT2D eigenvalue weighted by Crippen LogP contribution is -2.28. The molecule has 8 nitrogen and oxygen atoms in total. The Morgan fingerprint density at radius 2 is 1.94 bits per heavy atom. The third-order valence-corrected chi connectivity index (χ3v) is 6.31. The van der Waals surface area contributed by atoms with E-state index < -0.39 is 6.04 Å². The fraction of sp³-hybridized carbons (Fsp3) is 0.273. The first-order chi connectivity index (χ1) is 15.7. The largest absolute Gasteiger partial charge is 0.495 e. The molecule has 0 spiro atoms. The van der Waals surface area contributed by atoms with Gasteiger partial charge in [-0.1, -0.05) is 41.0 Å². The molecule has 0 aliphatic heterocycles. The van der Waals surface area contributed by atoms with Gasteiger partial charge in [-0.25, -0.2) is 0 Å². The normalized spacial score (nSPS) is 11.7. The molecule has 0 aliphatic rings. The zero-order valence-corrected chi connectivity index (χ0v) is 20.8. The highest BCUT2D eigenvalue weighted by Crippen LogP contribution is 2.26. The van der Waals surface area contributed by atoms with E-state index in [4.69, 9.17) is 27.9 Å². The molecule has 2 N–H and O–H groups in total. The second-order valence-corrected chi connectivity index (χ2v) is 9.05. The Morgan fingerprint density at radius 1 is 1.18 bits per heavy atom. The second kappa shape index (κ2) is 10.9. The van der Waals surface area contributed by atoms with Gasteiger partial charge in [-0.3, -0.25) is 9.59 Å². The molecule has 11 heteroatoms. The molecule has 0 aliphatic carbocycles. The van der Waals surface area contributed by atoms with Gasteiger partial charge in [-0.05, 0) is 49.7 Å². The summed E-state index contributed by atoms with van der Waals surface area (Å²) in [5.41, 5.74) is 1.93. The summed E-state index contributed by atoms with van der Waals surface area (Å²) in [5, 5.41) is 15.3. The standard InChI is InChI=1S/C22H23Cl2N5O3S/c1-12-5-8-18(32-4)17(9-12)26-19(30)11-33-22-28-27-20(29(22)3)13(2)25-21(31)15-7-6-14(23)10-16(15)24/h5-10,13H,11H2,1-4H3,(H,25,31)(H,26,30)/t13-/m1/s1. The number of carbonyl (C=O) groups is 2. The first-order valence-electron chi connectivity index (χ1n) is 9.92. The third-order valence-electron chi connectivity index (χ3n) is 4.74. The van der Waals surface area contributed by atoms with Crippen LogP contribution in [0.15, 0.2) is 41.6 Å². The summed E-state index contributed by atoms with van der Waals surface area (Å²) in [4.78, 5) is 25.0. The van der Waals surface area contributed by atoms with Crippen LogP contribution in [-0.2, 0) is 11.8 Å². The molecule has 0 fully saturated rings. The summed E-state index contributed by atoms with van der Waals surface area (Å²) in [6, 6.07) is 9.79. The van der Waals surface area contributed by atoms with Gasteiger partial charge >= 0.3 is 0 Å². The fourth-order valence-corrected chi connectivity index (χ4v) is 4.29. The molecule has 3 rings (SSSR count). The van der Waals surface area contributed by atoms with E-state index in [2.05, 4.69) is 20.8 Å². The Kier molecular flexibility index (Phi) is 8.23. The molecule has 0 saturated carbocycles. The van der Waals surface area contributed by atoms with E-state index in [1.807, 2.05) is 19.1 Å². The van der Waals surface area contributed by atoms with Gasteiger partial charge in [0.25, 0.3) is 5.91 Å². The first kappa shape index (κ1) is 24.9. The predicted octanol–water partition coefficient (Wildman–Crippen LogP) is 4.66. The lowest BCUT2D eigenvalue weighted by Gasteiger charge is -2.14. The smallest absolute Gasteiger partial charge is 0.253 e. The fourth-order valence-electron chi connectivity index (χ4n) is 3.08. The van der Waals surface area contributed by atoms with Crippen LogP contribution >= 0.6 is 35.0 Å². The van der Waals surface area contributed by atoms with Crippen molar-refractivity contribution in [3.8, 4) is 5.75 Å². The number of aromatic nitrogens is 3. The number of nitrogens with one attached hydrogen (secondary N) is 2. The molecule has 0 bridgehead atoms. The molecule has 1 aromatic heterocycles. The monoisotopic (exact) mass is 507 g/mol. The van der Waals surface area contributed by atoms with Crippen LogP contribution in [0.25, 0.3) is 0 Å². The van der Waals surface area contributed by atoms with E-state index in [1.165, 1.54) is 17.8 Å². The van der Waals surface area contributed by atoms with Crippen molar-refractivity contribution in [2.75, 3.05) is 18.2 Å². The molecule has 2 aromatic carbocycles. The highest BCUT2D eigenvalue weighted by atomic mass is 35.5. The number of thioether (sulfide) groups is 1. The van der Waals surface area contributed by atoms with E-state index in [9.17, 15) is 9.59 Å². The minimum atomic E-state index is -0.443. The van der Waals surface area contributed by atoms with Gasteiger partial charge in [0, 0.05) is 12.1 Å². The molecular weight excluding hydrogens is 485 g/mol. The molecule has 3 aromatic rings. The van der Waals surface area contributed by atoms with Crippen LogP contribution in [0.1, 0.15) is 34.7 Å². The summed E-state index contributed by atoms with van der Waals surface area (Å²) in [5.74, 6) is 0.700. The highest BCUT2D eigenvalue weighted by Gasteiger charge is 2.20. The van der Waals surface area contributed by atoms with Crippen LogP contribution in [0.4, 0.5) is 5.69 Å². The average molecular weight is 508 g/mol. The van der Waals surface area contributed by atoms with E-state index in [0.29, 0.717) is 33.0 Å². The summed E-state index contributed by atoms with van der Waals surface area (Å²) >= 11 is 13.2. The van der Waals surface area contributed by atoms with Crippen molar-refractivity contribution in [2.45, 2.75) is 25.0 Å². The van der Waals surface area contributed by atoms with Crippen molar-refractivity contribution in [3.63, 3.8) is 0 Å². The van der Waals surface area contributed by atoms with Crippen LogP contribution in [0.3, 0.4) is 0 Å². The Bertz CT molecular complexity index is 1180. The number of amides is 2. The Labute approximate surface area is 206 Å². The van der Waals surface area contributed by atoms with Crippen molar-refractivity contribution in [3.05, 3.63) is 63.4 Å². The van der Waals surface area contributed by atoms with E-state index in [0.717, 1.165) is 5.56 Å². The highest BCUT2D eigenvalue weighted by molar-refractivity contribution is 7.99. The molecular formula is C22H23Cl2N5O3S. The number of methoxy groups -OCH3 is 1. The quantitative estimate of drug-likeness (QED) is 0.430. The van der Waals surface area contributed by atoms with Gasteiger partial charge < -0.3 is 19.9 Å². The summed E-state index contributed by atoms with van der Waals surface area (Å²) in [6.45, 7) is 3.72. The van der Waals surface area contributed by atoms with Gasteiger partial charge in [0.2, 0.25) is 5.91 Å². The number of carbonyl (C=O) groups excluding carboxylic acids is 2. The van der Waals surface area contributed by atoms with Crippen LogP contribution in [0.5, 0.6) is 5.75 Å².